The van der Waals surface area contributed by atoms with E-state index < -0.39 is 0 Å². The second-order valence-corrected chi connectivity index (χ2v) is 4.64. The second-order valence-electron chi connectivity index (χ2n) is 4.64. The van der Waals surface area contributed by atoms with Crippen molar-refractivity contribution in [2.75, 3.05) is 25.1 Å². The third-order valence-electron chi connectivity index (χ3n) is 3.24. The summed E-state index contributed by atoms with van der Waals surface area (Å²) in [5.41, 5.74) is 2.22. The number of hydrogen-bond acceptors (Lipinski definition) is 4. The highest BCUT2D eigenvalue weighted by Crippen LogP contribution is 2.24. The van der Waals surface area contributed by atoms with Gasteiger partial charge in [0.25, 0.3) is 0 Å². The Hall–Kier alpha value is -1.59. The van der Waals surface area contributed by atoms with E-state index >= 15 is 0 Å². The van der Waals surface area contributed by atoms with Crippen LogP contribution < -0.4 is 10.6 Å². The van der Waals surface area contributed by atoms with Crippen molar-refractivity contribution in [3.63, 3.8) is 0 Å². The van der Waals surface area contributed by atoms with Gasteiger partial charge in [-0.25, -0.2) is 0 Å². The van der Waals surface area contributed by atoms with Gasteiger partial charge >= 0.3 is 0 Å². The minimum absolute atomic E-state index is 0.0226. The standard InChI is InChI=1S/C15H22N2O3/c1-3-19-14(20-4-2)10-16-15(18)13-9-11-7-5-6-8-12(11)17-13/h5-8,13-14,17H,3-4,9-10H2,1-2H3,(H,16,18)/t13-/m0/s1. The van der Waals surface area contributed by atoms with Crippen LogP contribution in [0.3, 0.4) is 0 Å². The number of carbonyl (C=O) groups excluding carboxylic acids is 1. The average Bonchev–Trinajstić information content (AvgIpc) is 2.89. The second kappa shape index (κ2) is 7.26. The fourth-order valence-corrected chi connectivity index (χ4v) is 2.30. The lowest BCUT2D eigenvalue weighted by molar-refractivity contribution is -0.140. The largest absolute Gasteiger partial charge is 0.373 e. The van der Waals surface area contributed by atoms with Gasteiger partial charge in [-0.1, -0.05) is 18.2 Å². The van der Waals surface area contributed by atoms with Crippen molar-refractivity contribution in [3.05, 3.63) is 29.8 Å². The smallest absolute Gasteiger partial charge is 0.243 e. The van der Waals surface area contributed by atoms with E-state index in [0.717, 1.165) is 12.1 Å². The summed E-state index contributed by atoms with van der Waals surface area (Å²) < 4.78 is 10.8. The number of carbonyl (C=O) groups is 1. The van der Waals surface area contributed by atoms with Crippen molar-refractivity contribution in [1.82, 2.24) is 5.32 Å². The molecule has 2 N–H and O–H groups in total. The Morgan fingerprint density at radius 2 is 2.05 bits per heavy atom. The maximum absolute atomic E-state index is 12.1. The van der Waals surface area contributed by atoms with Gasteiger partial charge in [0.2, 0.25) is 5.91 Å². The van der Waals surface area contributed by atoms with E-state index in [1.54, 1.807) is 0 Å². The number of nitrogens with one attached hydrogen (secondary N) is 2. The first-order chi connectivity index (χ1) is 9.74. The fraction of sp³-hybridized carbons (Fsp3) is 0.533. The molecule has 0 saturated carbocycles. The van der Waals surface area contributed by atoms with Crippen LogP contribution in [0.2, 0.25) is 0 Å². The molecule has 1 heterocycles. The summed E-state index contributed by atoms with van der Waals surface area (Å²) in [6, 6.07) is 7.77. The number of anilines is 1. The summed E-state index contributed by atoms with van der Waals surface area (Å²) in [6.07, 6.45) is 0.341. The van der Waals surface area contributed by atoms with Crippen LogP contribution in [0.25, 0.3) is 0 Å². The van der Waals surface area contributed by atoms with E-state index in [1.165, 1.54) is 5.56 Å². The molecule has 20 heavy (non-hydrogen) atoms. The Morgan fingerprint density at radius 3 is 2.70 bits per heavy atom. The van der Waals surface area contributed by atoms with Crippen LogP contribution in [0.1, 0.15) is 19.4 Å². The molecule has 0 unspecified atom stereocenters. The summed E-state index contributed by atoms with van der Waals surface area (Å²) in [6.45, 7) is 5.31. The Labute approximate surface area is 119 Å². The molecule has 0 spiro atoms. The first-order valence-corrected chi connectivity index (χ1v) is 7.10. The quantitative estimate of drug-likeness (QED) is 0.743. The molecule has 1 atom stereocenters. The molecule has 1 aromatic rings. The molecular formula is C15H22N2O3. The number of ether oxygens (including phenoxy) is 2. The van der Waals surface area contributed by atoms with Crippen molar-refractivity contribution in [2.24, 2.45) is 0 Å². The number of para-hydroxylation sites is 1. The summed E-state index contributed by atoms with van der Waals surface area (Å²) in [5, 5.41) is 6.11. The molecule has 1 aromatic carbocycles. The molecule has 0 saturated heterocycles. The van der Waals surface area contributed by atoms with Crippen molar-refractivity contribution in [1.29, 1.82) is 0 Å². The normalized spacial score (nSPS) is 16.9. The molecule has 2 rings (SSSR count). The van der Waals surface area contributed by atoms with E-state index in [4.69, 9.17) is 9.47 Å². The van der Waals surface area contributed by atoms with Crippen molar-refractivity contribution >= 4 is 11.6 Å². The number of fused-ring (bicyclic) bond motifs is 1. The van der Waals surface area contributed by atoms with Crippen LogP contribution in [0.15, 0.2) is 24.3 Å². The van der Waals surface area contributed by atoms with Gasteiger partial charge in [-0.2, -0.15) is 0 Å². The first kappa shape index (κ1) is 14.8. The van der Waals surface area contributed by atoms with Crippen LogP contribution in [-0.4, -0.2) is 38.0 Å². The monoisotopic (exact) mass is 278 g/mol. The molecule has 1 aliphatic rings. The predicted molar refractivity (Wildman–Crippen MR) is 77.6 cm³/mol. The van der Waals surface area contributed by atoms with E-state index in [9.17, 15) is 4.79 Å². The van der Waals surface area contributed by atoms with Crippen LogP contribution in [-0.2, 0) is 20.7 Å². The molecule has 0 aromatic heterocycles. The van der Waals surface area contributed by atoms with Gasteiger partial charge in [0.1, 0.15) is 6.04 Å². The van der Waals surface area contributed by atoms with Crippen LogP contribution in [0.4, 0.5) is 5.69 Å². The average molecular weight is 278 g/mol. The van der Waals surface area contributed by atoms with Crippen molar-refractivity contribution in [2.45, 2.75) is 32.6 Å². The highest BCUT2D eigenvalue weighted by Gasteiger charge is 2.26. The summed E-state index contributed by atoms with van der Waals surface area (Å²) in [5.74, 6) is -0.0226. The molecule has 0 fully saturated rings. The molecule has 0 bridgehead atoms. The molecule has 110 valence electrons. The maximum Gasteiger partial charge on any atom is 0.243 e. The highest BCUT2D eigenvalue weighted by molar-refractivity contribution is 5.87. The van der Waals surface area contributed by atoms with E-state index in [0.29, 0.717) is 19.8 Å². The SMILES string of the molecule is CCOC(CNC(=O)[C@@H]1Cc2ccccc2N1)OCC. The minimum atomic E-state index is -0.377. The van der Waals surface area contributed by atoms with Crippen LogP contribution in [0.5, 0.6) is 0 Å². The van der Waals surface area contributed by atoms with Crippen molar-refractivity contribution in [3.8, 4) is 0 Å². The minimum Gasteiger partial charge on any atom is -0.373 e. The van der Waals surface area contributed by atoms with Gasteiger partial charge in [0, 0.05) is 25.3 Å². The molecule has 5 heteroatoms. The molecule has 1 amide bonds. The predicted octanol–water partition coefficient (Wildman–Crippen LogP) is 1.54. The van der Waals surface area contributed by atoms with Gasteiger partial charge in [0.15, 0.2) is 6.29 Å². The Balaban J connectivity index is 1.81. The van der Waals surface area contributed by atoms with Gasteiger partial charge in [-0.3, -0.25) is 4.79 Å². The lowest BCUT2D eigenvalue weighted by Gasteiger charge is -2.19. The Morgan fingerprint density at radius 1 is 1.35 bits per heavy atom. The van der Waals surface area contributed by atoms with Crippen LogP contribution >= 0.6 is 0 Å². The van der Waals surface area contributed by atoms with Crippen molar-refractivity contribution < 1.29 is 14.3 Å². The zero-order valence-electron chi connectivity index (χ0n) is 12.0. The molecule has 0 radical (unpaired) electrons. The lowest BCUT2D eigenvalue weighted by atomic mass is 10.1. The van der Waals surface area contributed by atoms with E-state index in [-0.39, 0.29) is 18.2 Å². The maximum atomic E-state index is 12.1. The van der Waals surface area contributed by atoms with Gasteiger partial charge < -0.3 is 20.1 Å². The molecule has 5 nitrogen and oxygen atoms in total. The topological polar surface area (TPSA) is 59.6 Å². The van der Waals surface area contributed by atoms with Gasteiger partial charge in [-0.15, -0.1) is 0 Å². The number of amides is 1. The van der Waals surface area contributed by atoms with Gasteiger partial charge in [0.05, 0.1) is 6.54 Å². The third kappa shape index (κ3) is 3.71. The van der Waals surface area contributed by atoms with Crippen LogP contribution in [0, 0.1) is 0 Å². The lowest BCUT2D eigenvalue weighted by Crippen LogP contribution is -2.43. The third-order valence-corrected chi connectivity index (χ3v) is 3.24. The van der Waals surface area contributed by atoms with Gasteiger partial charge in [-0.05, 0) is 25.5 Å². The van der Waals surface area contributed by atoms with E-state index in [2.05, 4.69) is 10.6 Å². The number of benzene rings is 1. The molecular weight excluding hydrogens is 256 g/mol. The molecule has 0 aliphatic carbocycles. The molecule has 1 aliphatic heterocycles. The number of hydrogen-bond donors (Lipinski definition) is 2. The van der Waals surface area contributed by atoms with E-state index in [1.807, 2.05) is 38.1 Å². The fourth-order valence-electron chi connectivity index (χ4n) is 2.30. The summed E-state index contributed by atoms with van der Waals surface area (Å²) in [4.78, 5) is 12.1. The zero-order chi connectivity index (χ0) is 14.4. The highest BCUT2D eigenvalue weighted by atomic mass is 16.7. The number of rotatable bonds is 7. The summed E-state index contributed by atoms with van der Waals surface area (Å²) in [7, 11) is 0. The zero-order valence-corrected chi connectivity index (χ0v) is 12.0. The summed E-state index contributed by atoms with van der Waals surface area (Å²) >= 11 is 0. The Bertz CT molecular complexity index is 419. The Kier molecular flexibility index (Phi) is 5.38. The first-order valence-electron chi connectivity index (χ1n) is 7.10.